The summed E-state index contributed by atoms with van der Waals surface area (Å²) in [5.41, 5.74) is 4.66. The number of nitrogens with one attached hydrogen (secondary N) is 1. The minimum absolute atomic E-state index is 0.712. The zero-order valence-electron chi connectivity index (χ0n) is 17.6. The molecule has 0 radical (unpaired) electrons. The van der Waals surface area contributed by atoms with Crippen LogP contribution in [0.2, 0.25) is 0 Å². The van der Waals surface area contributed by atoms with Gasteiger partial charge in [0.2, 0.25) is 0 Å². The number of hydrogen-bond acceptors (Lipinski definition) is 5. The van der Waals surface area contributed by atoms with E-state index >= 15 is 0 Å². The molecule has 1 unspecified atom stereocenters. The largest absolute Gasteiger partial charge is 0.381 e. The lowest BCUT2D eigenvalue weighted by Crippen LogP contribution is -2.38. The number of benzene rings is 2. The van der Waals surface area contributed by atoms with Crippen molar-refractivity contribution in [2.45, 2.75) is 56.6 Å². The van der Waals surface area contributed by atoms with Crippen molar-refractivity contribution in [3.8, 4) is 11.4 Å². The van der Waals surface area contributed by atoms with Gasteiger partial charge in [0.25, 0.3) is 0 Å². The summed E-state index contributed by atoms with van der Waals surface area (Å²) in [5, 5.41) is 3.51. The van der Waals surface area contributed by atoms with Gasteiger partial charge < -0.3 is 5.32 Å². The van der Waals surface area contributed by atoms with Crippen LogP contribution in [0.25, 0.3) is 11.4 Å². The van der Waals surface area contributed by atoms with Gasteiger partial charge in [0, 0.05) is 47.7 Å². The van der Waals surface area contributed by atoms with Gasteiger partial charge >= 0.3 is 0 Å². The number of nitrogens with zero attached hydrogens (tertiary/aromatic N) is 3. The molecule has 0 saturated carbocycles. The summed E-state index contributed by atoms with van der Waals surface area (Å²) in [6.45, 7) is 5.38. The fourth-order valence-electron chi connectivity index (χ4n) is 4.22. The highest BCUT2D eigenvalue weighted by atomic mass is 32.1. The molecule has 1 saturated heterocycles. The van der Waals surface area contributed by atoms with Crippen LogP contribution in [0.15, 0.2) is 65.8 Å². The summed E-state index contributed by atoms with van der Waals surface area (Å²) < 4.78 is 0. The summed E-state index contributed by atoms with van der Waals surface area (Å²) in [5.74, 6) is 0.712. The molecule has 2 aromatic carbocycles. The van der Waals surface area contributed by atoms with Crippen molar-refractivity contribution in [2.75, 3.05) is 11.9 Å². The van der Waals surface area contributed by atoms with Gasteiger partial charge in [0.05, 0.1) is 0 Å². The third-order valence-corrected chi connectivity index (χ3v) is 6.13. The normalized spacial score (nSPS) is 17.1. The van der Waals surface area contributed by atoms with Crippen molar-refractivity contribution >= 4 is 18.3 Å². The average Bonchev–Trinajstić information content (AvgIpc) is 2.79. The number of thiol groups is 1. The maximum Gasteiger partial charge on any atom is 0.159 e. The standard InChI is InChI=1S/C25H30N4S/c1-2-23-6-3-4-13-29(23)18-20-9-7-19(8-10-20)17-28-22-14-21(15-24(30)16-22)25-26-11-5-12-27-25/h5,7-12,14-16,23,28,30H,2-4,6,13,17-18H2,1H3. The Balaban J connectivity index is 1.38. The van der Waals surface area contributed by atoms with E-state index in [4.69, 9.17) is 0 Å². The minimum Gasteiger partial charge on any atom is -0.381 e. The average molecular weight is 419 g/mol. The number of aromatic nitrogens is 2. The molecule has 1 fully saturated rings. The van der Waals surface area contributed by atoms with Crippen molar-refractivity contribution in [3.63, 3.8) is 0 Å². The molecule has 0 bridgehead atoms. The smallest absolute Gasteiger partial charge is 0.159 e. The van der Waals surface area contributed by atoms with Gasteiger partial charge in [-0.05, 0) is 61.2 Å². The Bertz CT molecular complexity index is 943. The van der Waals surface area contributed by atoms with Crippen LogP contribution >= 0.6 is 12.6 Å². The molecule has 3 aromatic rings. The summed E-state index contributed by atoms with van der Waals surface area (Å²) >= 11 is 4.55. The van der Waals surface area contributed by atoms with Crippen LogP contribution in [0, 0.1) is 0 Å². The molecule has 4 nitrogen and oxygen atoms in total. The first-order chi connectivity index (χ1) is 14.7. The Hall–Kier alpha value is -2.37. The van der Waals surface area contributed by atoms with Crippen LogP contribution in [-0.2, 0) is 13.1 Å². The topological polar surface area (TPSA) is 41.0 Å². The summed E-state index contributed by atoms with van der Waals surface area (Å²) in [7, 11) is 0. The lowest BCUT2D eigenvalue weighted by Gasteiger charge is -2.35. The van der Waals surface area contributed by atoms with E-state index in [9.17, 15) is 0 Å². The second kappa shape index (κ2) is 10.1. The van der Waals surface area contributed by atoms with Gasteiger partial charge in [-0.15, -0.1) is 12.6 Å². The van der Waals surface area contributed by atoms with Crippen LogP contribution in [0.3, 0.4) is 0 Å². The second-order valence-electron chi connectivity index (χ2n) is 8.04. The molecule has 4 rings (SSSR count). The molecule has 0 aliphatic carbocycles. The van der Waals surface area contributed by atoms with Crippen molar-refractivity contribution in [1.29, 1.82) is 0 Å². The zero-order valence-corrected chi connectivity index (χ0v) is 18.5. The van der Waals surface area contributed by atoms with E-state index in [1.807, 2.05) is 18.2 Å². The Kier molecular flexibility index (Phi) is 7.03. The van der Waals surface area contributed by atoms with Crippen molar-refractivity contribution in [1.82, 2.24) is 14.9 Å². The molecule has 30 heavy (non-hydrogen) atoms. The zero-order chi connectivity index (χ0) is 20.8. The van der Waals surface area contributed by atoms with E-state index in [0.717, 1.165) is 35.3 Å². The molecule has 1 N–H and O–H groups in total. The number of likely N-dealkylation sites (tertiary alicyclic amines) is 1. The highest BCUT2D eigenvalue weighted by Gasteiger charge is 2.20. The number of anilines is 1. The lowest BCUT2D eigenvalue weighted by molar-refractivity contribution is 0.136. The molecule has 1 aliphatic heterocycles. The Morgan fingerprint density at radius 3 is 2.57 bits per heavy atom. The predicted molar refractivity (Wildman–Crippen MR) is 127 cm³/mol. The van der Waals surface area contributed by atoms with Crippen LogP contribution in [-0.4, -0.2) is 27.5 Å². The lowest BCUT2D eigenvalue weighted by atomic mass is 9.99. The van der Waals surface area contributed by atoms with Crippen LogP contribution in [0.5, 0.6) is 0 Å². The van der Waals surface area contributed by atoms with Gasteiger partial charge in [0.15, 0.2) is 5.82 Å². The number of hydrogen-bond donors (Lipinski definition) is 2. The maximum absolute atomic E-state index is 4.55. The van der Waals surface area contributed by atoms with Crippen LogP contribution < -0.4 is 5.32 Å². The first kappa shape index (κ1) is 20.9. The van der Waals surface area contributed by atoms with Crippen molar-refractivity contribution in [3.05, 3.63) is 72.1 Å². The fourth-order valence-corrected chi connectivity index (χ4v) is 4.50. The Labute approximate surface area is 185 Å². The van der Waals surface area contributed by atoms with Gasteiger partial charge in [-0.2, -0.15) is 0 Å². The first-order valence-corrected chi connectivity index (χ1v) is 11.3. The van der Waals surface area contributed by atoms with E-state index < -0.39 is 0 Å². The number of piperidine rings is 1. The van der Waals surface area contributed by atoms with E-state index in [1.54, 1.807) is 12.4 Å². The SMILES string of the molecule is CCC1CCCCN1Cc1ccc(CNc2cc(S)cc(-c3ncccn3)c2)cc1. The predicted octanol–water partition coefficient (Wildman–Crippen LogP) is 5.81. The summed E-state index contributed by atoms with van der Waals surface area (Å²) in [6.07, 6.45) is 8.83. The highest BCUT2D eigenvalue weighted by molar-refractivity contribution is 7.80. The molecule has 2 heterocycles. The number of rotatable bonds is 7. The van der Waals surface area contributed by atoms with Gasteiger partial charge in [-0.3, -0.25) is 4.90 Å². The molecule has 1 aromatic heterocycles. The molecule has 0 spiro atoms. The molecule has 1 atom stereocenters. The van der Waals surface area contributed by atoms with Gasteiger partial charge in [0.1, 0.15) is 0 Å². The van der Waals surface area contributed by atoms with Crippen LogP contribution in [0.4, 0.5) is 5.69 Å². The second-order valence-corrected chi connectivity index (χ2v) is 8.56. The first-order valence-electron chi connectivity index (χ1n) is 10.9. The van der Waals surface area contributed by atoms with Gasteiger partial charge in [-0.25, -0.2) is 9.97 Å². The molecule has 5 heteroatoms. The van der Waals surface area contributed by atoms with Crippen molar-refractivity contribution < 1.29 is 0 Å². The third kappa shape index (κ3) is 5.41. The molecule has 0 amide bonds. The maximum atomic E-state index is 4.55. The highest BCUT2D eigenvalue weighted by Crippen LogP contribution is 2.25. The quantitative estimate of drug-likeness (QED) is 0.475. The molecule has 1 aliphatic rings. The van der Waals surface area contributed by atoms with E-state index in [2.05, 4.69) is 70.1 Å². The third-order valence-electron chi connectivity index (χ3n) is 5.87. The van der Waals surface area contributed by atoms with E-state index in [1.165, 1.54) is 43.4 Å². The Morgan fingerprint density at radius 1 is 1.03 bits per heavy atom. The van der Waals surface area contributed by atoms with E-state index in [-0.39, 0.29) is 0 Å². The van der Waals surface area contributed by atoms with E-state index in [0.29, 0.717) is 5.82 Å². The monoisotopic (exact) mass is 418 g/mol. The minimum atomic E-state index is 0.712. The fraction of sp³-hybridized carbons (Fsp3) is 0.360. The summed E-state index contributed by atoms with van der Waals surface area (Å²) in [6, 6.07) is 17.7. The van der Waals surface area contributed by atoms with Crippen LogP contribution in [0.1, 0.15) is 43.7 Å². The molecule has 156 valence electrons. The molecular formula is C25H30N4S. The summed E-state index contributed by atoms with van der Waals surface area (Å²) in [4.78, 5) is 12.2. The molecular weight excluding hydrogens is 388 g/mol. The van der Waals surface area contributed by atoms with Crippen molar-refractivity contribution in [2.24, 2.45) is 0 Å². The Morgan fingerprint density at radius 2 is 1.80 bits per heavy atom. The van der Waals surface area contributed by atoms with Gasteiger partial charge in [-0.1, -0.05) is 37.6 Å².